The van der Waals surface area contributed by atoms with E-state index in [0.29, 0.717) is 5.69 Å². The van der Waals surface area contributed by atoms with Gasteiger partial charge < -0.3 is 19.9 Å². The Morgan fingerprint density at radius 3 is 2.31 bits per heavy atom. The molecule has 1 heterocycles. The first-order valence-electron chi connectivity index (χ1n) is 4.53. The first-order valence-corrected chi connectivity index (χ1v) is 4.53. The number of aromatic nitrogens is 1. The number of carbonyl (C=O) groups is 1. The molecule has 3 N–H and O–H groups in total. The molecule has 0 saturated carbocycles. The summed E-state index contributed by atoms with van der Waals surface area (Å²) in [6.45, 7) is 0. The average Bonchev–Trinajstić information content (AvgIpc) is 2.70. The Balaban J connectivity index is 2.66. The number of nitrogens with zero attached hydrogens (tertiary/aromatic N) is 1. The number of phenols is 2. The molecule has 2 aromatic rings. The second-order valence-electron chi connectivity index (χ2n) is 3.22. The van der Waals surface area contributed by atoms with E-state index in [4.69, 9.17) is 5.11 Å². The number of hydrogen-bond donors (Lipinski definition) is 3. The van der Waals surface area contributed by atoms with Crippen molar-refractivity contribution in [2.24, 2.45) is 0 Å². The number of benzene rings is 1. The van der Waals surface area contributed by atoms with Crippen LogP contribution in [0.5, 0.6) is 11.5 Å². The van der Waals surface area contributed by atoms with Crippen molar-refractivity contribution in [1.82, 2.24) is 4.57 Å². The Labute approximate surface area is 90.8 Å². The zero-order valence-corrected chi connectivity index (χ0v) is 8.16. The highest BCUT2D eigenvalue weighted by molar-refractivity contribution is 5.95. The van der Waals surface area contributed by atoms with E-state index in [1.54, 1.807) is 29.1 Å². The van der Waals surface area contributed by atoms with Crippen LogP contribution < -0.4 is 0 Å². The molecular formula is C11H9NO4. The molecule has 0 amide bonds. The summed E-state index contributed by atoms with van der Waals surface area (Å²) in [5, 5.41) is 27.9. The van der Waals surface area contributed by atoms with Crippen LogP contribution in [0.2, 0.25) is 0 Å². The highest BCUT2D eigenvalue weighted by Crippen LogP contribution is 2.32. The smallest absolute Gasteiger partial charge is 0.343 e. The van der Waals surface area contributed by atoms with E-state index >= 15 is 0 Å². The fraction of sp³-hybridized carbons (Fsp3) is 0. The largest absolute Gasteiger partial charge is 0.507 e. The minimum absolute atomic E-state index is 0.306. The van der Waals surface area contributed by atoms with Crippen LogP contribution in [0.4, 0.5) is 0 Å². The van der Waals surface area contributed by atoms with Crippen LogP contribution in [-0.4, -0.2) is 25.9 Å². The van der Waals surface area contributed by atoms with Crippen LogP contribution in [0.25, 0.3) is 5.69 Å². The molecule has 0 aliphatic carbocycles. The third kappa shape index (κ3) is 1.48. The Kier molecular flexibility index (Phi) is 2.28. The molecule has 0 fully saturated rings. The molecular weight excluding hydrogens is 210 g/mol. The second-order valence-corrected chi connectivity index (χ2v) is 3.22. The third-order valence-electron chi connectivity index (χ3n) is 2.23. The Hall–Kier alpha value is -2.43. The van der Waals surface area contributed by atoms with Gasteiger partial charge in [-0.2, -0.15) is 0 Å². The first kappa shape index (κ1) is 10.1. The Morgan fingerprint density at radius 2 is 1.75 bits per heavy atom. The number of aromatic carboxylic acids is 1. The maximum atomic E-state index is 10.8. The summed E-state index contributed by atoms with van der Waals surface area (Å²) in [6.07, 6.45) is 3.33. The lowest BCUT2D eigenvalue weighted by atomic mass is 10.1. The van der Waals surface area contributed by atoms with Gasteiger partial charge in [0.15, 0.2) is 5.75 Å². The van der Waals surface area contributed by atoms with Gasteiger partial charge in [-0.15, -0.1) is 0 Å². The van der Waals surface area contributed by atoms with Crippen molar-refractivity contribution in [2.75, 3.05) is 0 Å². The third-order valence-corrected chi connectivity index (χ3v) is 2.23. The van der Waals surface area contributed by atoms with E-state index in [9.17, 15) is 15.0 Å². The summed E-state index contributed by atoms with van der Waals surface area (Å²) in [6, 6.07) is 6.16. The molecule has 0 radical (unpaired) electrons. The van der Waals surface area contributed by atoms with Gasteiger partial charge in [-0.1, -0.05) is 0 Å². The number of carboxylic acids is 1. The van der Waals surface area contributed by atoms with E-state index in [2.05, 4.69) is 0 Å². The Morgan fingerprint density at radius 1 is 1.12 bits per heavy atom. The molecule has 0 atom stereocenters. The quantitative estimate of drug-likeness (QED) is 0.716. The molecule has 1 aromatic carbocycles. The van der Waals surface area contributed by atoms with E-state index in [-0.39, 0.29) is 0 Å². The number of carboxylic acid groups (broad SMARTS) is 1. The second kappa shape index (κ2) is 3.62. The monoisotopic (exact) mass is 219 g/mol. The normalized spacial score (nSPS) is 10.2. The summed E-state index contributed by atoms with van der Waals surface area (Å²) in [5.74, 6) is -2.28. The van der Waals surface area contributed by atoms with Crippen LogP contribution in [0.15, 0.2) is 36.7 Å². The van der Waals surface area contributed by atoms with Gasteiger partial charge in [0, 0.05) is 12.4 Å². The molecule has 0 unspecified atom stereocenters. The SMILES string of the molecule is O=C(O)c1c(O)ccc(-n2cccc2)c1O. The van der Waals surface area contributed by atoms with Gasteiger partial charge in [-0.3, -0.25) is 0 Å². The van der Waals surface area contributed by atoms with Gasteiger partial charge >= 0.3 is 5.97 Å². The highest BCUT2D eigenvalue weighted by Gasteiger charge is 2.18. The zero-order chi connectivity index (χ0) is 11.7. The summed E-state index contributed by atoms with van der Waals surface area (Å²) in [5.41, 5.74) is -0.189. The molecule has 0 aliphatic rings. The predicted molar refractivity (Wildman–Crippen MR) is 56.1 cm³/mol. The van der Waals surface area contributed by atoms with Gasteiger partial charge in [0.05, 0.1) is 5.69 Å². The number of rotatable bonds is 2. The van der Waals surface area contributed by atoms with Crippen molar-refractivity contribution in [1.29, 1.82) is 0 Å². The summed E-state index contributed by atoms with van der Waals surface area (Å²) in [7, 11) is 0. The molecule has 2 rings (SSSR count). The van der Waals surface area contributed by atoms with E-state index in [0.717, 1.165) is 0 Å². The van der Waals surface area contributed by atoms with Gasteiger partial charge in [0.2, 0.25) is 0 Å². The molecule has 82 valence electrons. The molecule has 5 nitrogen and oxygen atoms in total. The molecule has 1 aromatic heterocycles. The van der Waals surface area contributed by atoms with Gasteiger partial charge in [-0.25, -0.2) is 4.79 Å². The fourth-order valence-corrected chi connectivity index (χ4v) is 1.48. The lowest BCUT2D eigenvalue weighted by Gasteiger charge is -2.09. The zero-order valence-electron chi connectivity index (χ0n) is 8.16. The van der Waals surface area contributed by atoms with Crippen molar-refractivity contribution in [3.63, 3.8) is 0 Å². The van der Waals surface area contributed by atoms with Gasteiger partial charge in [0.25, 0.3) is 0 Å². The molecule has 0 aliphatic heterocycles. The van der Waals surface area contributed by atoms with Crippen LogP contribution in [-0.2, 0) is 0 Å². The van der Waals surface area contributed by atoms with Crippen LogP contribution in [0.3, 0.4) is 0 Å². The molecule has 16 heavy (non-hydrogen) atoms. The summed E-state index contributed by atoms with van der Waals surface area (Å²) >= 11 is 0. The van der Waals surface area contributed by atoms with Crippen molar-refractivity contribution < 1.29 is 20.1 Å². The highest BCUT2D eigenvalue weighted by atomic mass is 16.4. The minimum Gasteiger partial charge on any atom is -0.507 e. The van der Waals surface area contributed by atoms with Gasteiger partial charge in [-0.05, 0) is 24.3 Å². The molecule has 5 heteroatoms. The number of aromatic hydroxyl groups is 2. The van der Waals surface area contributed by atoms with Gasteiger partial charge in [0.1, 0.15) is 11.3 Å². The van der Waals surface area contributed by atoms with E-state index < -0.39 is 23.0 Å². The maximum absolute atomic E-state index is 10.8. The standard InChI is InChI=1S/C11H9NO4/c13-8-4-3-7(12-5-1-2-6-12)10(14)9(8)11(15)16/h1-6,13-14H,(H,15,16). The molecule has 0 saturated heterocycles. The Bertz CT molecular complexity index is 531. The van der Waals surface area contributed by atoms with Crippen molar-refractivity contribution in [3.05, 3.63) is 42.2 Å². The lowest BCUT2D eigenvalue weighted by Crippen LogP contribution is -2.01. The van der Waals surface area contributed by atoms with Crippen molar-refractivity contribution in [2.45, 2.75) is 0 Å². The van der Waals surface area contributed by atoms with Crippen LogP contribution in [0, 0.1) is 0 Å². The van der Waals surface area contributed by atoms with Crippen molar-refractivity contribution in [3.8, 4) is 17.2 Å². The summed E-state index contributed by atoms with van der Waals surface area (Å²) in [4.78, 5) is 10.8. The van der Waals surface area contributed by atoms with E-state index in [1.165, 1.54) is 12.1 Å². The average molecular weight is 219 g/mol. The molecule has 0 bridgehead atoms. The first-order chi connectivity index (χ1) is 7.61. The van der Waals surface area contributed by atoms with Crippen molar-refractivity contribution >= 4 is 5.97 Å². The van der Waals surface area contributed by atoms with E-state index in [1.807, 2.05) is 0 Å². The predicted octanol–water partition coefficient (Wildman–Crippen LogP) is 1.59. The summed E-state index contributed by atoms with van der Waals surface area (Å²) < 4.78 is 1.56. The minimum atomic E-state index is -1.37. The topological polar surface area (TPSA) is 82.7 Å². The van der Waals surface area contributed by atoms with Crippen LogP contribution >= 0.6 is 0 Å². The lowest BCUT2D eigenvalue weighted by molar-refractivity contribution is 0.0690. The van der Waals surface area contributed by atoms with Crippen LogP contribution in [0.1, 0.15) is 10.4 Å². The fourth-order valence-electron chi connectivity index (χ4n) is 1.48. The maximum Gasteiger partial charge on any atom is 0.343 e. The number of hydrogen-bond acceptors (Lipinski definition) is 3. The molecule has 0 spiro atoms.